The van der Waals surface area contributed by atoms with Gasteiger partial charge in [0.15, 0.2) is 0 Å². The summed E-state index contributed by atoms with van der Waals surface area (Å²) in [7, 11) is 0. The lowest BCUT2D eigenvalue weighted by Gasteiger charge is -2.25. The molecule has 0 N–H and O–H groups in total. The van der Waals surface area contributed by atoms with E-state index in [0.29, 0.717) is 0 Å². The molecule has 4 rings (SSSR count). The fraction of sp³-hybridized carbons (Fsp3) is 0.385. The fourth-order valence-electron chi connectivity index (χ4n) is 4.34. The van der Waals surface area contributed by atoms with E-state index in [0.717, 1.165) is 19.4 Å². The highest BCUT2D eigenvalue weighted by Gasteiger charge is 2.19. The largest absolute Gasteiger partial charge is 0.341 e. The number of aryl methyl sites for hydroxylation is 3. The zero-order valence-electron chi connectivity index (χ0n) is 17.2. The molecular formula is C26H31NS. The van der Waals surface area contributed by atoms with E-state index in [9.17, 15) is 0 Å². The zero-order chi connectivity index (χ0) is 19.3. The Labute approximate surface area is 174 Å². The van der Waals surface area contributed by atoms with E-state index in [-0.39, 0.29) is 0 Å². The molecule has 2 aromatic carbocycles. The van der Waals surface area contributed by atoms with Crippen molar-refractivity contribution in [3.8, 4) is 10.4 Å². The van der Waals surface area contributed by atoms with Crippen LogP contribution in [0.2, 0.25) is 0 Å². The van der Waals surface area contributed by atoms with Gasteiger partial charge in [-0.2, -0.15) is 0 Å². The molecule has 1 aromatic heterocycles. The van der Waals surface area contributed by atoms with Crippen LogP contribution in [0, 0.1) is 0 Å². The molecule has 0 bridgehead atoms. The molecule has 0 unspecified atom stereocenters. The molecule has 0 atom stereocenters. The van der Waals surface area contributed by atoms with Crippen molar-refractivity contribution in [3.05, 3.63) is 70.6 Å². The van der Waals surface area contributed by atoms with Crippen LogP contribution in [-0.2, 0) is 19.3 Å². The van der Waals surface area contributed by atoms with Gasteiger partial charge in [0, 0.05) is 22.8 Å². The maximum atomic E-state index is 2.48. The minimum atomic E-state index is 1.00. The van der Waals surface area contributed by atoms with Crippen LogP contribution in [0.3, 0.4) is 0 Å². The van der Waals surface area contributed by atoms with Crippen molar-refractivity contribution in [1.29, 1.82) is 0 Å². The first-order valence-corrected chi connectivity index (χ1v) is 11.7. The quantitative estimate of drug-likeness (QED) is 0.373. The third-order valence-corrected chi connectivity index (χ3v) is 6.92. The Hall–Kier alpha value is -2.06. The van der Waals surface area contributed by atoms with Gasteiger partial charge >= 0.3 is 0 Å². The van der Waals surface area contributed by atoms with Crippen LogP contribution >= 0.6 is 11.3 Å². The Bertz CT molecular complexity index is 924. The molecule has 0 amide bonds. The predicted molar refractivity (Wildman–Crippen MR) is 124 cm³/mol. The second-order valence-electron chi connectivity index (χ2n) is 7.85. The summed E-state index contributed by atoms with van der Waals surface area (Å²) < 4.78 is 0. The van der Waals surface area contributed by atoms with Gasteiger partial charge in [0.1, 0.15) is 0 Å². The molecule has 0 spiro atoms. The number of anilines is 2. The first kappa shape index (κ1) is 19.3. The van der Waals surface area contributed by atoms with Gasteiger partial charge in [0.25, 0.3) is 0 Å². The summed E-state index contributed by atoms with van der Waals surface area (Å²) in [6.07, 6.45) is 8.80. The SMILES string of the molecule is CCCCCCc1csc(-c2ccc3c(c2)CCc2ccccc2N3CC)c1. The topological polar surface area (TPSA) is 3.24 Å². The van der Waals surface area contributed by atoms with E-state index in [1.54, 1.807) is 0 Å². The van der Waals surface area contributed by atoms with E-state index < -0.39 is 0 Å². The molecule has 0 radical (unpaired) electrons. The van der Waals surface area contributed by atoms with E-state index in [4.69, 9.17) is 0 Å². The van der Waals surface area contributed by atoms with Crippen LogP contribution in [0.1, 0.15) is 56.2 Å². The van der Waals surface area contributed by atoms with Crippen LogP contribution in [0.15, 0.2) is 53.9 Å². The Morgan fingerprint density at radius 3 is 2.54 bits per heavy atom. The fourth-order valence-corrected chi connectivity index (χ4v) is 5.29. The smallest absolute Gasteiger partial charge is 0.0443 e. The Kier molecular flexibility index (Phi) is 6.17. The molecule has 0 saturated carbocycles. The Balaban J connectivity index is 1.57. The van der Waals surface area contributed by atoms with Gasteiger partial charge in [-0.05, 0) is 84.5 Å². The predicted octanol–water partition coefficient (Wildman–Crippen LogP) is 7.79. The normalized spacial score (nSPS) is 13.1. The minimum absolute atomic E-state index is 1.00. The summed E-state index contributed by atoms with van der Waals surface area (Å²) >= 11 is 1.90. The second-order valence-corrected chi connectivity index (χ2v) is 8.76. The van der Waals surface area contributed by atoms with Gasteiger partial charge in [-0.25, -0.2) is 0 Å². The van der Waals surface area contributed by atoms with Gasteiger partial charge in [-0.3, -0.25) is 0 Å². The number of benzene rings is 2. The number of thiophene rings is 1. The summed E-state index contributed by atoms with van der Waals surface area (Å²) in [5, 5.41) is 2.36. The van der Waals surface area contributed by atoms with Crippen molar-refractivity contribution >= 4 is 22.7 Å². The summed E-state index contributed by atoms with van der Waals surface area (Å²) in [4.78, 5) is 3.90. The maximum absolute atomic E-state index is 2.48. The molecule has 1 aliphatic rings. The summed E-state index contributed by atoms with van der Waals surface area (Å²) in [5.41, 5.74) is 8.59. The summed E-state index contributed by atoms with van der Waals surface area (Å²) in [5.74, 6) is 0. The van der Waals surface area contributed by atoms with Crippen molar-refractivity contribution in [2.24, 2.45) is 0 Å². The van der Waals surface area contributed by atoms with E-state index in [1.165, 1.54) is 70.6 Å². The van der Waals surface area contributed by atoms with Crippen molar-refractivity contribution in [2.45, 2.75) is 58.8 Å². The van der Waals surface area contributed by atoms with Crippen LogP contribution in [0.5, 0.6) is 0 Å². The molecule has 1 aliphatic heterocycles. The molecule has 1 nitrogen and oxygen atoms in total. The number of fused-ring (bicyclic) bond motifs is 2. The average molecular weight is 390 g/mol. The number of rotatable bonds is 7. The lowest BCUT2D eigenvalue weighted by Crippen LogP contribution is -2.17. The second kappa shape index (κ2) is 8.96. The number of unbranched alkanes of at least 4 members (excludes halogenated alkanes) is 3. The highest BCUT2D eigenvalue weighted by atomic mass is 32.1. The molecule has 146 valence electrons. The van der Waals surface area contributed by atoms with Gasteiger partial charge in [-0.1, -0.05) is 50.5 Å². The highest BCUT2D eigenvalue weighted by molar-refractivity contribution is 7.13. The minimum Gasteiger partial charge on any atom is -0.341 e. The molecule has 2 heterocycles. The third-order valence-electron chi connectivity index (χ3n) is 5.89. The highest BCUT2D eigenvalue weighted by Crippen LogP contribution is 2.38. The zero-order valence-corrected chi connectivity index (χ0v) is 18.0. The Morgan fingerprint density at radius 2 is 1.68 bits per heavy atom. The number of hydrogen-bond acceptors (Lipinski definition) is 2. The van der Waals surface area contributed by atoms with Gasteiger partial charge in [0.05, 0.1) is 0 Å². The van der Waals surface area contributed by atoms with Gasteiger partial charge in [-0.15, -0.1) is 11.3 Å². The molecule has 0 saturated heterocycles. The standard InChI is InChI=1S/C26H31NS/c1-3-5-6-7-10-20-17-26(28-19-20)23-15-16-25-22(18-23)14-13-21-11-8-9-12-24(21)27(25)4-2/h8-9,11-12,15-19H,3-7,10,13-14H2,1-2H3. The lowest BCUT2D eigenvalue weighted by atomic mass is 10.0. The average Bonchev–Trinajstić information content (AvgIpc) is 3.14. The number of para-hydroxylation sites is 1. The molecule has 0 fully saturated rings. The van der Waals surface area contributed by atoms with Crippen molar-refractivity contribution in [3.63, 3.8) is 0 Å². The molecule has 28 heavy (non-hydrogen) atoms. The summed E-state index contributed by atoms with van der Waals surface area (Å²) in [6, 6.07) is 18.4. The van der Waals surface area contributed by atoms with Crippen LogP contribution in [-0.4, -0.2) is 6.54 Å². The van der Waals surface area contributed by atoms with E-state index in [2.05, 4.69) is 72.7 Å². The van der Waals surface area contributed by atoms with Gasteiger partial charge < -0.3 is 4.90 Å². The van der Waals surface area contributed by atoms with Crippen LogP contribution in [0.4, 0.5) is 11.4 Å². The first-order chi connectivity index (χ1) is 13.8. The molecule has 0 aliphatic carbocycles. The third kappa shape index (κ3) is 4.03. The Morgan fingerprint density at radius 1 is 0.857 bits per heavy atom. The molecule has 3 aromatic rings. The van der Waals surface area contributed by atoms with Gasteiger partial charge in [0.2, 0.25) is 0 Å². The summed E-state index contributed by atoms with van der Waals surface area (Å²) in [6.45, 7) is 5.54. The molecular weight excluding hydrogens is 358 g/mol. The van der Waals surface area contributed by atoms with E-state index in [1.807, 2.05) is 11.3 Å². The van der Waals surface area contributed by atoms with Crippen molar-refractivity contribution in [2.75, 3.05) is 11.4 Å². The maximum Gasteiger partial charge on any atom is 0.0443 e. The lowest BCUT2D eigenvalue weighted by molar-refractivity contribution is 0.667. The number of nitrogens with zero attached hydrogens (tertiary/aromatic N) is 1. The first-order valence-electron chi connectivity index (χ1n) is 10.9. The van der Waals surface area contributed by atoms with Crippen molar-refractivity contribution in [1.82, 2.24) is 0 Å². The molecule has 2 heteroatoms. The van der Waals surface area contributed by atoms with Crippen molar-refractivity contribution < 1.29 is 0 Å². The van der Waals surface area contributed by atoms with E-state index >= 15 is 0 Å². The van der Waals surface area contributed by atoms with Crippen LogP contribution in [0.25, 0.3) is 10.4 Å². The number of hydrogen-bond donors (Lipinski definition) is 0. The van der Waals surface area contributed by atoms with Crippen LogP contribution < -0.4 is 4.90 Å². The monoisotopic (exact) mass is 389 g/mol.